The average molecular weight is 345 g/mol. The molecule has 0 aliphatic heterocycles. The van der Waals surface area contributed by atoms with Gasteiger partial charge < -0.3 is 19.9 Å². The summed E-state index contributed by atoms with van der Waals surface area (Å²) in [6, 6.07) is 3.31. The van der Waals surface area contributed by atoms with Crippen LogP contribution < -0.4 is 14.8 Å². The largest absolute Gasteiger partial charge is 0.493 e. The van der Waals surface area contributed by atoms with Crippen molar-refractivity contribution in [2.24, 2.45) is 0 Å². The monoisotopic (exact) mass is 345 g/mol. The van der Waals surface area contributed by atoms with Crippen LogP contribution in [-0.2, 0) is 0 Å². The van der Waals surface area contributed by atoms with Crippen molar-refractivity contribution in [2.45, 2.75) is 19.9 Å². The van der Waals surface area contributed by atoms with Crippen LogP contribution >= 0.6 is 0 Å². The van der Waals surface area contributed by atoms with Crippen molar-refractivity contribution in [3.05, 3.63) is 47.0 Å². The highest BCUT2D eigenvalue weighted by atomic mass is 16.5. The number of nitrogens with one attached hydrogen (secondary N) is 1. The van der Waals surface area contributed by atoms with E-state index in [1.807, 2.05) is 19.9 Å². The molecule has 1 amide bonds. The zero-order valence-electron chi connectivity index (χ0n) is 14.4. The van der Waals surface area contributed by atoms with E-state index in [4.69, 9.17) is 14.6 Å². The van der Waals surface area contributed by atoms with Crippen molar-refractivity contribution in [3.8, 4) is 11.5 Å². The van der Waals surface area contributed by atoms with Gasteiger partial charge in [0.05, 0.1) is 32.7 Å². The molecule has 1 heterocycles. The molecule has 0 saturated heterocycles. The Morgan fingerprint density at radius 2 is 1.64 bits per heavy atom. The van der Waals surface area contributed by atoms with Crippen LogP contribution in [0.1, 0.15) is 45.1 Å². The molecule has 132 valence electrons. The van der Waals surface area contributed by atoms with Crippen molar-refractivity contribution in [1.29, 1.82) is 0 Å². The predicted molar refractivity (Wildman–Crippen MR) is 89.2 cm³/mol. The Labute approximate surface area is 144 Å². The lowest BCUT2D eigenvalue weighted by atomic mass is 10.0. The number of carbonyl (C=O) groups excluding carboxylic acids is 1. The molecule has 1 unspecified atom stereocenters. The number of ether oxygens (including phenoxy) is 2. The van der Waals surface area contributed by atoms with Crippen molar-refractivity contribution in [2.75, 3.05) is 14.2 Å². The van der Waals surface area contributed by atoms with E-state index >= 15 is 0 Å². The van der Waals surface area contributed by atoms with Crippen molar-refractivity contribution >= 4 is 11.9 Å². The van der Waals surface area contributed by atoms with Gasteiger partial charge in [0.15, 0.2) is 17.2 Å². The van der Waals surface area contributed by atoms with E-state index in [1.54, 1.807) is 20.3 Å². The van der Waals surface area contributed by atoms with Gasteiger partial charge in [-0.25, -0.2) is 14.8 Å². The maximum Gasteiger partial charge on any atom is 0.356 e. The first-order valence-electron chi connectivity index (χ1n) is 7.46. The average Bonchev–Trinajstić information content (AvgIpc) is 2.61. The fraction of sp³-hybridized carbons (Fsp3) is 0.294. The highest BCUT2D eigenvalue weighted by molar-refractivity contribution is 5.93. The molecule has 0 fully saturated rings. The van der Waals surface area contributed by atoms with Gasteiger partial charge in [-0.1, -0.05) is 0 Å². The van der Waals surface area contributed by atoms with Gasteiger partial charge in [0.2, 0.25) is 0 Å². The number of carboxylic acids is 1. The second-order valence-electron chi connectivity index (χ2n) is 5.35. The van der Waals surface area contributed by atoms with Crippen LogP contribution in [0.15, 0.2) is 24.5 Å². The lowest BCUT2D eigenvalue weighted by Crippen LogP contribution is -2.28. The number of hydrogen-bond donors (Lipinski definition) is 2. The fourth-order valence-corrected chi connectivity index (χ4v) is 2.37. The van der Waals surface area contributed by atoms with Gasteiger partial charge in [0.25, 0.3) is 5.91 Å². The molecule has 2 N–H and O–H groups in total. The molecule has 25 heavy (non-hydrogen) atoms. The number of amides is 1. The minimum Gasteiger partial charge on any atom is -0.493 e. The maximum atomic E-state index is 12.3. The van der Waals surface area contributed by atoms with Crippen LogP contribution in [0.25, 0.3) is 0 Å². The van der Waals surface area contributed by atoms with Gasteiger partial charge in [-0.05, 0) is 37.1 Å². The molecule has 0 aliphatic carbocycles. The topological polar surface area (TPSA) is 111 Å². The van der Waals surface area contributed by atoms with E-state index in [2.05, 4.69) is 15.3 Å². The lowest BCUT2D eigenvalue weighted by molar-refractivity contribution is 0.0689. The maximum absolute atomic E-state index is 12.3. The number of carbonyl (C=O) groups is 2. The molecule has 0 spiro atoms. The number of nitrogens with zero attached hydrogens (tertiary/aromatic N) is 2. The number of carboxylic acid groups (broad SMARTS) is 1. The first-order valence-corrected chi connectivity index (χ1v) is 7.46. The molecule has 2 rings (SSSR count). The summed E-state index contributed by atoms with van der Waals surface area (Å²) in [6.07, 6.45) is 2.18. The van der Waals surface area contributed by atoms with Crippen molar-refractivity contribution < 1.29 is 24.2 Å². The second-order valence-corrected chi connectivity index (χ2v) is 5.35. The summed E-state index contributed by atoms with van der Waals surface area (Å²) in [5.74, 6) is -0.480. The van der Waals surface area contributed by atoms with Crippen LogP contribution in [0.3, 0.4) is 0 Å². The van der Waals surface area contributed by atoms with Crippen molar-refractivity contribution in [3.63, 3.8) is 0 Å². The van der Waals surface area contributed by atoms with E-state index in [-0.39, 0.29) is 17.4 Å². The second kappa shape index (κ2) is 7.61. The predicted octanol–water partition coefficient (Wildman–Crippen LogP) is 1.99. The number of hydrogen-bond acceptors (Lipinski definition) is 6. The van der Waals surface area contributed by atoms with Crippen LogP contribution in [0, 0.1) is 6.92 Å². The highest BCUT2D eigenvalue weighted by Crippen LogP contribution is 2.32. The number of aromatic carboxylic acids is 1. The van der Waals surface area contributed by atoms with Crippen LogP contribution in [0.2, 0.25) is 0 Å². The molecule has 1 atom stereocenters. The molecule has 8 heteroatoms. The van der Waals surface area contributed by atoms with E-state index < -0.39 is 11.9 Å². The zero-order valence-corrected chi connectivity index (χ0v) is 14.4. The summed E-state index contributed by atoms with van der Waals surface area (Å²) in [5.41, 5.74) is 1.61. The summed E-state index contributed by atoms with van der Waals surface area (Å²) >= 11 is 0. The first kappa shape index (κ1) is 18.2. The Morgan fingerprint density at radius 1 is 1.08 bits per heavy atom. The summed E-state index contributed by atoms with van der Waals surface area (Å²) in [6.45, 7) is 3.73. The molecule has 0 bridgehead atoms. The number of methoxy groups -OCH3 is 2. The molecule has 0 aliphatic rings. The van der Waals surface area contributed by atoms with Crippen LogP contribution in [0.5, 0.6) is 11.5 Å². The fourth-order valence-electron chi connectivity index (χ4n) is 2.37. The number of benzene rings is 1. The van der Waals surface area contributed by atoms with Gasteiger partial charge in [-0.15, -0.1) is 0 Å². The normalized spacial score (nSPS) is 11.5. The smallest absolute Gasteiger partial charge is 0.356 e. The Balaban J connectivity index is 2.19. The number of aryl methyl sites for hydroxylation is 1. The van der Waals surface area contributed by atoms with Crippen molar-refractivity contribution in [1.82, 2.24) is 15.3 Å². The van der Waals surface area contributed by atoms with E-state index in [9.17, 15) is 9.59 Å². The summed E-state index contributed by atoms with van der Waals surface area (Å²) < 4.78 is 10.5. The Hall–Kier alpha value is -3.16. The van der Waals surface area contributed by atoms with Crippen LogP contribution in [-0.4, -0.2) is 41.2 Å². The summed E-state index contributed by atoms with van der Waals surface area (Å²) in [5, 5.41) is 11.6. The molecule has 8 nitrogen and oxygen atoms in total. The SMILES string of the molecule is COc1cc(C)c(C(C)NC(=O)c2cnc(C(=O)O)cn2)cc1OC. The minimum absolute atomic E-state index is 0.0370. The standard InChI is InChI=1S/C17H19N3O5/c1-9-5-14(24-3)15(25-4)6-11(9)10(2)20-16(21)12-7-19-13(8-18-12)17(22)23/h5-8,10H,1-4H3,(H,20,21)(H,22,23). The summed E-state index contributed by atoms with van der Waals surface area (Å²) in [7, 11) is 3.10. The summed E-state index contributed by atoms with van der Waals surface area (Å²) in [4.78, 5) is 30.6. The zero-order chi connectivity index (χ0) is 18.6. The molecule has 1 aromatic carbocycles. The van der Waals surface area contributed by atoms with Gasteiger partial charge >= 0.3 is 5.97 Å². The molecule has 2 aromatic rings. The number of aromatic nitrogens is 2. The minimum atomic E-state index is -1.20. The number of rotatable bonds is 6. The molecular weight excluding hydrogens is 326 g/mol. The van der Waals surface area contributed by atoms with E-state index in [0.717, 1.165) is 23.5 Å². The molecule has 1 aromatic heterocycles. The lowest BCUT2D eigenvalue weighted by Gasteiger charge is -2.19. The molecule has 0 saturated carbocycles. The Bertz CT molecular complexity index is 790. The van der Waals surface area contributed by atoms with Gasteiger partial charge in [0.1, 0.15) is 5.69 Å². The third-order valence-electron chi connectivity index (χ3n) is 3.69. The third kappa shape index (κ3) is 4.03. The Kier molecular flexibility index (Phi) is 5.53. The van der Waals surface area contributed by atoms with Crippen LogP contribution in [0.4, 0.5) is 0 Å². The first-order chi connectivity index (χ1) is 11.9. The third-order valence-corrected chi connectivity index (χ3v) is 3.69. The quantitative estimate of drug-likeness (QED) is 0.823. The van der Waals surface area contributed by atoms with Gasteiger partial charge in [-0.3, -0.25) is 4.79 Å². The van der Waals surface area contributed by atoms with Gasteiger partial charge in [-0.2, -0.15) is 0 Å². The molecular formula is C17H19N3O5. The van der Waals surface area contributed by atoms with E-state index in [0.29, 0.717) is 11.5 Å². The van der Waals surface area contributed by atoms with E-state index in [1.165, 1.54) is 0 Å². The van der Waals surface area contributed by atoms with Gasteiger partial charge in [0, 0.05) is 0 Å². The Morgan fingerprint density at radius 3 is 2.16 bits per heavy atom. The molecule has 0 radical (unpaired) electrons. The highest BCUT2D eigenvalue weighted by Gasteiger charge is 2.18.